The van der Waals surface area contributed by atoms with Crippen LogP contribution in [0.1, 0.15) is 15.9 Å². The van der Waals surface area contributed by atoms with Crippen LogP contribution in [-0.2, 0) is 14.8 Å². The van der Waals surface area contributed by atoms with E-state index in [0.29, 0.717) is 15.6 Å². The van der Waals surface area contributed by atoms with Crippen molar-refractivity contribution in [3.8, 4) is 5.75 Å². The van der Waals surface area contributed by atoms with Gasteiger partial charge in [-0.05, 0) is 36.4 Å². The van der Waals surface area contributed by atoms with Crippen molar-refractivity contribution in [1.29, 1.82) is 0 Å². The lowest BCUT2D eigenvalue weighted by atomic mass is 10.0. The van der Waals surface area contributed by atoms with Crippen LogP contribution in [0.15, 0.2) is 66.7 Å². The lowest BCUT2D eigenvalue weighted by Gasteiger charge is -2.34. The Morgan fingerprint density at radius 3 is 2.36 bits per heavy atom. The fourth-order valence-corrected chi connectivity index (χ4v) is 4.69. The second kappa shape index (κ2) is 9.05. The summed E-state index contributed by atoms with van der Waals surface area (Å²) in [5, 5.41) is 3.34. The number of anilines is 2. The molecule has 1 unspecified atom stereocenters. The van der Waals surface area contributed by atoms with E-state index < -0.39 is 22.0 Å². The third-order valence-corrected chi connectivity index (χ3v) is 6.62. The summed E-state index contributed by atoms with van der Waals surface area (Å²) in [6.45, 7) is -0.256. The smallest absolute Gasteiger partial charge is 0.267 e. The number of sulfonamides is 1. The monoisotopic (exact) mass is 504 g/mol. The number of amides is 1. The first-order chi connectivity index (χ1) is 15.6. The lowest BCUT2D eigenvalue weighted by molar-refractivity contribution is -0.122. The molecule has 0 spiro atoms. The van der Waals surface area contributed by atoms with Crippen LogP contribution >= 0.6 is 23.2 Å². The number of carbonyl (C=O) groups is 2. The number of hydrogen-bond acceptors (Lipinski definition) is 5. The summed E-state index contributed by atoms with van der Waals surface area (Å²) in [4.78, 5) is 26.1. The van der Waals surface area contributed by atoms with E-state index in [9.17, 15) is 18.0 Å². The standard InChI is InChI=1S/C23H18Cl2N2O5S/c1-33(30,31)27-13-21(32-20-10-8-16(25)12-19(20)27)23(29)26-18-9-7-15(24)11-17(18)22(28)14-5-3-2-4-6-14/h2-12,21H,13H2,1H3,(H,26,29). The van der Waals surface area contributed by atoms with Crippen LogP contribution in [0.25, 0.3) is 0 Å². The van der Waals surface area contributed by atoms with Crippen molar-refractivity contribution >= 4 is 56.3 Å². The van der Waals surface area contributed by atoms with Gasteiger partial charge in [0.15, 0.2) is 11.9 Å². The highest BCUT2D eigenvalue weighted by molar-refractivity contribution is 7.92. The molecule has 1 aliphatic heterocycles. The van der Waals surface area contributed by atoms with Crippen LogP contribution in [0.2, 0.25) is 10.0 Å². The number of rotatable bonds is 5. The number of benzene rings is 3. The van der Waals surface area contributed by atoms with Crippen molar-refractivity contribution in [2.75, 3.05) is 22.4 Å². The fraction of sp³-hybridized carbons (Fsp3) is 0.130. The summed E-state index contributed by atoms with van der Waals surface area (Å²) in [6, 6.07) is 17.6. The number of nitrogens with one attached hydrogen (secondary N) is 1. The highest BCUT2D eigenvalue weighted by Gasteiger charge is 2.35. The van der Waals surface area contributed by atoms with Gasteiger partial charge in [-0.3, -0.25) is 13.9 Å². The van der Waals surface area contributed by atoms with Crippen molar-refractivity contribution in [2.24, 2.45) is 0 Å². The third-order valence-electron chi connectivity index (χ3n) is 5.00. The maximum atomic E-state index is 13.1. The molecule has 3 aromatic carbocycles. The Bertz CT molecular complexity index is 1350. The molecule has 3 aromatic rings. The predicted molar refractivity (Wildman–Crippen MR) is 128 cm³/mol. The molecule has 0 fully saturated rings. The van der Waals surface area contributed by atoms with Gasteiger partial charge in [-0.1, -0.05) is 53.5 Å². The molecule has 1 aliphatic rings. The van der Waals surface area contributed by atoms with Crippen LogP contribution in [0.4, 0.5) is 11.4 Å². The molecule has 0 radical (unpaired) electrons. The van der Waals surface area contributed by atoms with Crippen LogP contribution in [0.5, 0.6) is 5.75 Å². The van der Waals surface area contributed by atoms with Gasteiger partial charge in [0.1, 0.15) is 5.75 Å². The van der Waals surface area contributed by atoms with Gasteiger partial charge in [0.25, 0.3) is 5.91 Å². The minimum absolute atomic E-state index is 0.199. The van der Waals surface area contributed by atoms with E-state index in [4.69, 9.17) is 27.9 Å². The zero-order valence-corrected chi connectivity index (χ0v) is 19.6. The predicted octanol–water partition coefficient (Wildman–Crippen LogP) is 4.39. The summed E-state index contributed by atoms with van der Waals surface area (Å²) in [7, 11) is -3.72. The molecule has 0 bridgehead atoms. The van der Waals surface area contributed by atoms with Gasteiger partial charge in [0, 0.05) is 21.2 Å². The largest absolute Gasteiger partial charge is 0.476 e. The first kappa shape index (κ1) is 23.1. The molecule has 170 valence electrons. The third kappa shape index (κ3) is 4.98. The molecule has 1 atom stereocenters. The summed E-state index contributed by atoms with van der Waals surface area (Å²) in [6.07, 6.45) is -0.128. The molecular weight excluding hydrogens is 487 g/mol. The Morgan fingerprint density at radius 2 is 1.67 bits per heavy atom. The molecule has 0 aromatic heterocycles. The number of ether oxygens (including phenoxy) is 1. The fourth-order valence-electron chi connectivity index (χ4n) is 3.45. The summed E-state index contributed by atoms with van der Waals surface area (Å²) >= 11 is 12.1. The highest BCUT2D eigenvalue weighted by atomic mass is 35.5. The maximum absolute atomic E-state index is 13.1. The molecule has 0 aliphatic carbocycles. The van der Waals surface area contributed by atoms with Gasteiger partial charge >= 0.3 is 0 Å². The number of fused-ring (bicyclic) bond motifs is 1. The van der Waals surface area contributed by atoms with Gasteiger partial charge in [0.2, 0.25) is 10.0 Å². The van der Waals surface area contributed by atoms with E-state index in [1.807, 2.05) is 0 Å². The highest BCUT2D eigenvalue weighted by Crippen LogP contribution is 2.37. The van der Waals surface area contributed by atoms with Gasteiger partial charge in [-0.15, -0.1) is 0 Å². The van der Waals surface area contributed by atoms with Crippen LogP contribution in [-0.4, -0.2) is 39.0 Å². The first-order valence-electron chi connectivity index (χ1n) is 9.77. The SMILES string of the molecule is CS(=O)(=O)N1CC(C(=O)Nc2ccc(Cl)cc2C(=O)c2ccccc2)Oc2ccc(Cl)cc21. The quantitative estimate of drug-likeness (QED) is 0.520. The lowest BCUT2D eigenvalue weighted by Crippen LogP contribution is -2.48. The number of halogens is 2. The van der Waals surface area contributed by atoms with Crippen molar-refractivity contribution in [3.05, 3.63) is 87.9 Å². The van der Waals surface area contributed by atoms with E-state index in [1.165, 1.54) is 30.3 Å². The Balaban J connectivity index is 1.64. The van der Waals surface area contributed by atoms with Gasteiger partial charge in [0.05, 0.1) is 24.2 Å². The Kier molecular flexibility index (Phi) is 6.34. The van der Waals surface area contributed by atoms with Gasteiger partial charge in [-0.25, -0.2) is 8.42 Å². The molecule has 1 amide bonds. The average molecular weight is 505 g/mol. The van der Waals surface area contributed by atoms with Crippen molar-refractivity contribution in [1.82, 2.24) is 0 Å². The summed E-state index contributed by atoms with van der Waals surface area (Å²) < 4.78 is 31.6. The normalized spacial score (nSPS) is 15.4. The second-order valence-corrected chi connectivity index (χ2v) is 10.2. The van der Waals surface area contributed by atoms with E-state index in [-0.39, 0.29) is 35.0 Å². The van der Waals surface area contributed by atoms with Crippen LogP contribution in [0.3, 0.4) is 0 Å². The minimum atomic E-state index is -3.72. The van der Waals surface area contributed by atoms with Crippen LogP contribution < -0.4 is 14.4 Å². The van der Waals surface area contributed by atoms with Crippen molar-refractivity contribution < 1.29 is 22.7 Å². The molecule has 0 saturated heterocycles. The van der Waals surface area contributed by atoms with Crippen molar-refractivity contribution in [3.63, 3.8) is 0 Å². The van der Waals surface area contributed by atoms with E-state index in [0.717, 1.165) is 10.6 Å². The summed E-state index contributed by atoms with van der Waals surface area (Å²) in [5.74, 6) is -0.739. The molecule has 1 heterocycles. The van der Waals surface area contributed by atoms with E-state index >= 15 is 0 Å². The van der Waals surface area contributed by atoms with Gasteiger partial charge < -0.3 is 10.1 Å². The molecular formula is C23H18Cl2N2O5S. The van der Waals surface area contributed by atoms with Gasteiger partial charge in [-0.2, -0.15) is 0 Å². The number of carbonyl (C=O) groups excluding carboxylic acids is 2. The molecule has 0 saturated carbocycles. The topological polar surface area (TPSA) is 92.8 Å². The number of nitrogens with zero attached hydrogens (tertiary/aromatic N) is 1. The molecule has 4 rings (SSSR count). The average Bonchev–Trinajstić information content (AvgIpc) is 2.78. The Morgan fingerprint density at radius 1 is 1.00 bits per heavy atom. The zero-order valence-electron chi connectivity index (χ0n) is 17.3. The Hall–Kier alpha value is -3.07. The number of hydrogen-bond donors (Lipinski definition) is 1. The zero-order chi connectivity index (χ0) is 23.8. The van der Waals surface area contributed by atoms with E-state index in [1.54, 1.807) is 36.4 Å². The second-order valence-electron chi connectivity index (χ2n) is 7.39. The first-order valence-corrected chi connectivity index (χ1v) is 12.4. The minimum Gasteiger partial charge on any atom is -0.476 e. The molecule has 7 nitrogen and oxygen atoms in total. The number of ketones is 1. The molecule has 33 heavy (non-hydrogen) atoms. The molecule has 10 heteroatoms. The maximum Gasteiger partial charge on any atom is 0.267 e. The Labute approximate surface area is 200 Å². The van der Waals surface area contributed by atoms with Crippen LogP contribution in [0, 0.1) is 0 Å². The van der Waals surface area contributed by atoms with E-state index in [2.05, 4.69) is 5.32 Å². The summed E-state index contributed by atoms with van der Waals surface area (Å²) in [5.41, 5.74) is 1.11. The van der Waals surface area contributed by atoms with Crippen molar-refractivity contribution in [2.45, 2.75) is 6.10 Å². The molecule has 1 N–H and O–H groups in total.